The molecule has 2 fully saturated rings. The fraction of sp³-hybridized carbons (Fsp3) is 0.895. The number of hydrogen-bond acceptors (Lipinski definition) is 5. The second-order valence-corrected chi connectivity index (χ2v) is 12.4. The van der Waals surface area contributed by atoms with Crippen LogP contribution in [0.2, 0.25) is 0 Å². The van der Waals surface area contributed by atoms with Crippen molar-refractivity contribution < 1.29 is 22.6 Å². The highest BCUT2D eigenvalue weighted by molar-refractivity contribution is 7.96. The van der Waals surface area contributed by atoms with Crippen LogP contribution < -0.4 is 0 Å². The Morgan fingerprint density at radius 2 is 1.81 bits per heavy atom. The molecular weight excluding hydrogens is 372 g/mol. The SMILES string of the molecule is CC12CCC(C(S(=O)(=O)[O-])C1=O)C2(C)C.CCCCCC(=O)C[S+](C)C. The molecule has 0 radical (unpaired) electrons. The maximum Gasteiger partial charge on any atom is 0.181 e. The Balaban J connectivity index is 0.000000276. The molecule has 5 nitrogen and oxygen atoms in total. The molecule has 0 spiro atoms. The zero-order valence-corrected chi connectivity index (χ0v) is 18.6. The fourth-order valence-corrected chi connectivity index (χ4v) is 6.49. The van der Waals surface area contributed by atoms with E-state index in [-0.39, 0.29) is 17.1 Å². The molecule has 2 bridgehead atoms. The Morgan fingerprint density at radius 1 is 1.23 bits per heavy atom. The highest BCUT2D eigenvalue weighted by atomic mass is 32.2. The number of carbonyl (C=O) groups is 2. The molecule has 0 N–H and O–H groups in total. The van der Waals surface area contributed by atoms with Gasteiger partial charge in [0.2, 0.25) is 0 Å². The number of fused-ring (bicyclic) bond motifs is 2. The van der Waals surface area contributed by atoms with E-state index >= 15 is 0 Å². The summed E-state index contributed by atoms with van der Waals surface area (Å²) in [6.45, 7) is 7.75. The van der Waals surface area contributed by atoms with Crippen molar-refractivity contribution in [1.29, 1.82) is 0 Å². The molecule has 7 heteroatoms. The average molecular weight is 407 g/mol. The average Bonchev–Trinajstić information content (AvgIpc) is 2.78. The number of carbonyl (C=O) groups excluding carboxylic acids is 2. The van der Waals surface area contributed by atoms with E-state index < -0.39 is 20.8 Å². The molecule has 3 atom stereocenters. The van der Waals surface area contributed by atoms with Gasteiger partial charge >= 0.3 is 0 Å². The second-order valence-electron chi connectivity index (χ2n) is 8.60. The summed E-state index contributed by atoms with van der Waals surface area (Å²) in [5, 5.41) is -1.30. The lowest BCUT2D eigenvalue weighted by Gasteiger charge is -2.32. The van der Waals surface area contributed by atoms with E-state index in [1.165, 1.54) is 12.8 Å². The molecule has 0 heterocycles. The number of unbranched alkanes of at least 4 members (excludes halogenated alkanes) is 2. The molecule has 2 saturated carbocycles. The molecule has 0 aromatic heterocycles. The zero-order chi connectivity index (χ0) is 20.3. The van der Waals surface area contributed by atoms with E-state index in [1.54, 1.807) is 6.92 Å². The highest BCUT2D eigenvalue weighted by Gasteiger charge is 2.67. The van der Waals surface area contributed by atoms with Gasteiger partial charge in [0.25, 0.3) is 0 Å². The number of ketones is 2. The molecule has 2 aliphatic carbocycles. The number of rotatable bonds is 7. The quantitative estimate of drug-likeness (QED) is 0.368. The van der Waals surface area contributed by atoms with Gasteiger partial charge in [0, 0.05) is 11.8 Å². The molecule has 2 rings (SSSR count). The number of hydrogen-bond donors (Lipinski definition) is 0. The van der Waals surface area contributed by atoms with Crippen molar-refractivity contribution in [2.75, 3.05) is 18.3 Å². The first-order chi connectivity index (χ1) is 11.8. The minimum absolute atomic E-state index is 0.294. The van der Waals surface area contributed by atoms with Crippen molar-refractivity contribution in [3.05, 3.63) is 0 Å². The summed E-state index contributed by atoms with van der Waals surface area (Å²) >= 11 is 0. The summed E-state index contributed by atoms with van der Waals surface area (Å²) < 4.78 is 33.3. The standard InChI is InChI=1S/C10H16O4S.C9H19OS/c1-9(2)6-4-5-10(9,3)8(11)7(6)15(12,13)14;1-4-5-6-7-9(10)8-11(2)3/h6-7H,4-5H2,1-3H3,(H,12,13,14);4-8H2,1-3H3/q;+1/p-1. The Hall–Kier alpha value is -0.400. The molecule has 3 unspecified atom stereocenters. The summed E-state index contributed by atoms with van der Waals surface area (Å²) in [7, 11) is -4.19. The maximum absolute atomic E-state index is 12.0. The van der Waals surface area contributed by atoms with Gasteiger partial charge < -0.3 is 4.55 Å². The molecular formula is C19H34O5S2. The van der Waals surface area contributed by atoms with Gasteiger partial charge in [0.05, 0.1) is 12.5 Å². The molecule has 26 heavy (non-hydrogen) atoms. The van der Waals surface area contributed by atoms with E-state index in [0.717, 1.165) is 18.6 Å². The molecule has 0 saturated heterocycles. The van der Waals surface area contributed by atoms with Gasteiger partial charge in [-0.15, -0.1) is 0 Å². The van der Waals surface area contributed by atoms with Crippen LogP contribution in [0.15, 0.2) is 0 Å². The van der Waals surface area contributed by atoms with Crippen LogP contribution in [-0.4, -0.2) is 48.1 Å². The van der Waals surface area contributed by atoms with E-state index in [9.17, 15) is 22.6 Å². The largest absolute Gasteiger partial charge is 0.747 e. The molecule has 0 aliphatic heterocycles. The minimum Gasteiger partial charge on any atom is -0.747 e. The third-order valence-electron chi connectivity index (χ3n) is 6.29. The van der Waals surface area contributed by atoms with E-state index in [0.29, 0.717) is 29.5 Å². The monoisotopic (exact) mass is 406 g/mol. The first-order valence-electron chi connectivity index (χ1n) is 9.34. The smallest absolute Gasteiger partial charge is 0.181 e. The lowest BCUT2D eigenvalue weighted by atomic mass is 9.70. The summed E-state index contributed by atoms with van der Waals surface area (Å²) in [6, 6.07) is 0. The van der Waals surface area contributed by atoms with Crippen molar-refractivity contribution in [1.82, 2.24) is 0 Å². The van der Waals surface area contributed by atoms with Crippen molar-refractivity contribution in [2.24, 2.45) is 16.7 Å². The van der Waals surface area contributed by atoms with Gasteiger partial charge in [-0.25, -0.2) is 8.42 Å². The van der Waals surface area contributed by atoms with Gasteiger partial charge in [-0.2, -0.15) is 0 Å². The van der Waals surface area contributed by atoms with Gasteiger partial charge in [0.1, 0.15) is 15.4 Å². The lowest BCUT2D eigenvalue weighted by molar-refractivity contribution is -0.128. The summed E-state index contributed by atoms with van der Waals surface area (Å²) in [6.07, 6.45) is 9.92. The van der Waals surface area contributed by atoms with Crippen molar-refractivity contribution in [3.63, 3.8) is 0 Å². The first kappa shape index (κ1) is 23.6. The van der Waals surface area contributed by atoms with E-state index in [4.69, 9.17) is 0 Å². The summed E-state index contributed by atoms with van der Waals surface area (Å²) in [5.74, 6) is 0.590. The molecule has 152 valence electrons. The topological polar surface area (TPSA) is 91.3 Å². The van der Waals surface area contributed by atoms with E-state index in [2.05, 4.69) is 19.4 Å². The van der Waals surface area contributed by atoms with Gasteiger partial charge in [0.15, 0.2) is 17.3 Å². The zero-order valence-electron chi connectivity index (χ0n) is 17.0. The normalized spacial score (nSPS) is 29.6. The minimum atomic E-state index is -4.49. The van der Waals surface area contributed by atoms with Gasteiger partial charge in [-0.1, -0.05) is 40.5 Å². The van der Waals surface area contributed by atoms with Crippen LogP contribution in [-0.2, 0) is 30.6 Å². The molecule has 2 aliphatic rings. The predicted octanol–water partition coefficient (Wildman–Crippen LogP) is 2.94. The molecule has 0 amide bonds. The van der Waals surface area contributed by atoms with Crippen molar-refractivity contribution >= 4 is 32.6 Å². The Morgan fingerprint density at radius 3 is 2.15 bits per heavy atom. The lowest BCUT2D eigenvalue weighted by Crippen LogP contribution is -2.38. The Kier molecular flexibility index (Phi) is 7.94. The predicted molar refractivity (Wildman–Crippen MR) is 106 cm³/mol. The second kappa shape index (κ2) is 8.74. The van der Waals surface area contributed by atoms with Crippen LogP contribution in [0.5, 0.6) is 0 Å². The third kappa shape index (κ3) is 4.90. The molecule has 0 aromatic carbocycles. The van der Waals surface area contributed by atoms with Crippen LogP contribution in [0.3, 0.4) is 0 Å². The maximum atomic E-state index is 12.0. The van der Waals surface area contributed by atoms with Gasteiger partial charge in [-0.3, -0.25) is 9.59 Å². The Labute approximate surface area is 161 Å². The third-order valence-corrected chi connectivity index (χ3v) is 8.36. The van der Waals surface area contributed by atoms with E-state index in [1.807, 2.05) is 13.8 Å². The fourth-order valence-electron chi connectivity index (χ4n) is 4.30. The molecule has 0 aromatic rings. The van der Waals surface area contributed by atoms with Crippen LogP contribution in [0, 0.1) is 16.7 Å². The van der Waals surface area contributed by atoms with Gasteiger partial charge in [-0.05, 0) is 41.5 Å². The summed E-state index contributed by atoms with van der Waals surface area (Å²) in [5.41, 5.74) is -0.994. The summed E-state index contributed by atoms with van der Waals surface area (Å²) in [4.78, 5) is 23.1. The highest BCUT2D eigenvalue weighted by Crippen LogP contribution is 2.64. The van der Waals surface area contributed by atoms with Crippen LogP contribution in [0.25, 0.3) is 0 Å². The number of Topliss-reactive ketones (excluding diaryl/α,β-unsaturated/α-hetero) is 2. The van der Waals surface area contributed by atoms with Crippen LogP contribution >= 0.6 is 0 Å². The first-order valence-corrected chi connectivity index (χ1v) is 13.0. The van der Waals surface area contributed by atoms with Crippen molar-refractivity contribution in [2.45, 2.75) is 71.5 Å². The van der Waals surface area contributed by atoms with Crippen LogP contribution in [0.1, 0.15) is 66.2 Å². The van der Waals surface area contributed by atoms with Crippen molar-refractivity contribution in [3.8, 4) is 0 Å². The van der Waals surface area contributed by atoms with Crippen LogP contribution in [0.4, 0.5) is 0 Å². The Bertz CT molecular complexity index is 624.